The first-order valence-corrected chi connectivity index (χ1v) is 7.30. The third-order valence-electron chi connectivity index (χ3n) is 3.13. The highest BCUT2D eigenvalue weighted by Crippen LogP contribution is 2.19. The quantitative estimate of drug-likeness (QED) is 0.847. The van der Waals surface area contributed by atoms with E-state index in [1.165, 1.54) is 22.7 Å². The molecule has 0 amide bonds. The first kappa shape index (κ1) is 14.1. The van der Waals surface area contributed by atoms with Gasteiger partial charge in [-0.05, 0) is 49.0 Å². The van der Waals surface area contributed by atoms with E-state index in [1.54, 1.807) is 0 Å². The van der Waals surface area contributed by atoms with Crippen molar-refractivity contribution in [2.24, 2.45) is 11.5 Å². The Labute approximate surface area is 118 Å². The Kier molecular flexibility index (Phi) is 5.01. The van der Waals surface area contributed by atoms with Gasteiger partial charge in [0.1, 0.15) is 10.8 Å². The highest BCUT2D eigenvalue weighted by atomic mass is 32.1. The fourth-order valence-corrected chi connectivity index (χ4v) is 2.63. The lowest BCUT2D eigenvalue weighted by molar-refractivity contribution is 0.613. The molecule has 0 saturated heterocycles. The van der Waals surface area contributed by atoms with Crippen LogP contribution in [-0.2, 0) is 6.42 Å². The Morgan fingerprint density at radius 3 is 2.84 bits per heavy atom. The molecule has 0 aliphatic rings. The molecule has 1 heterocycles. The summed E-state index contributed by atoms with van der Waals surface area (Å²) in [5.74, 6) is 0.859. The van der Waals surface area contributed by atoms with Crippen LogP contribution in [0, 0.1) is 6.92 Å². The fourth-order valence-electron chi connectivity index (χ4n) is 1.93. The first-order valence-electron chi connectivity index (χ1n) is 6.53. The number of aromatic nitrogens is 2. The number of nitrogens with zero attached hydrogens (tertiary/aromatic N) is 2. The molecule has 1 atom stereocenters. The van der Waals surface area contributed by atoms with Crippen LogP contribution in [0.5, 0.6) is 0 Å². The van der Waals surface area contributed by atoms with Crippen LogP contribution in [0.1, 0.15) is 40.8 Å². The van der Waals surface area contributed by atoms with Crippen molar-refractivity contribution < 1.29 is 0 Å². The maximum atomic E-state index is 6.07. The second kappa shape index (κ2) is 6.75. The second-order valence-corrected chi connectivity index (χ2v) is 5.47. The topological polar surface area (TPSA) is 77.8 Å². The lowest BCUT2D eigenvalue weighted by Crippen LogP contribution is -2.12. The molecule has 0 bridgehead atoms. The van der Waals surface area contributed by atoms with E-state index in [-0.39, 0.29) is 6.04 Å². The molecule has 2 rings (SSSR count). The van der Waals surface area contributed by atoms with Crippen LogP contribution < -0.4 is 11.5 Å². The van der Waals surface area contributed by atoms with E-state index >= 15 is 0 Å². The molecule has 0 spiro atoms. The van der Waals surface area contributed by atoms with Crippen molar-refractivity contribution in [1.29, 1.82) is 0 Å². The number of hydrogen-bond donors (Lipinski definition) is 2. The summed E-state index contributed by atoms with van der Waals surface area (Å²) in [6, 6.07) is 8.27. The molecule has 2 aromatic rings. The van der Waals surface area contributed by atoms with Crippen LogP contribution in [0.2, 0.25) is 0 Å². The zero-order valence-electron chi connectivity index (χ0n) is 11.2. The van der Waals surface area contributed by atoms with E-state index < -0.39 is 0 Å². The smallest absolute Gasteiger partial charge is 0.147 e. The van der Waals surface area contributed by atoms with Gasteiger partial charge in [0.05, 0.1) is 6.04 Å². The highest BCUT2D eigenvalue weighted by molar-refractivity contribution is 7.05. The number of rotatable bonds is 6. The summed E-state index contributed by atoms with van der Waals surface area (Å²) >= 11 is 1.41. The molecule has 4 nitrogen and oxygen atoms in total. The lowest BCUT2D eigenvalue weighted by atomic mass is 10.1. The molecule has 0 aliphatic carbocycles. The van der Waals surface area contributed by atoms with E-state index in [0.717, 1.165) is 30.1 Å². The van der Waals surface area contributed by atoms with E-state index in [0.29, 0.717) is 6.54 Å². The summed E-state index contributed by atoms with van der Waals surface area (Å²) in [6.45, 7) is 2.78. The minimum absolute atomic E-state index is 0.0355. The van der Waals surface area contributed by atoms with Crippen LogP contribution in [0.3, 0.4) is 0 Å². The van der Waals surface area contributed by atoms with Gasteiger partial charge in [-0.15, -0.1) is 0 Å². The van der Waals surface area contributed by atoms with Gasteiger partial charge < -0.3 is 11.5 Å². The fraction of sp³-hybridized carbons (Fsp3) is 0.429. The Balaban J connectivity index is 2.03. The van der Waals surface area contributed by atoms with Crippen molar-refractivity contribution in [2.45, 2.75) is 32.2 Å². The molecule has 1 aromatic carbocycles. The number of nitrogens with two attached hydrogens (primary N) is 2. The maximum Gasteiger partial charge on any atom is 0.147 e. The van der Waals surface area contributed by atoms with Crippen LogP contribution in [0.25, 0.3) is 0 Å². The highest BCUT2D eigenvalue weighted by Gasteiger charge is 2.12. The van der Waals surface area contributed by atoms with Gasteiger partial charge >= 0.3 is 0 Å². The summed E-state index contributed by atoms with van der Waals surface area (Å²) < 4.78 is 4.40. The normalized spacial score (nSPS) is 12.6. The van der Waals surface area contributed by atoms with Gasteiger partial charge in [0.15, 0.2) is 0 Å². The van der Waals surface area contributed by atoms with Crippen molar-refractivity contribution in [2.75, 3.05) is 6.54 Å². The molecule has 0 aliphatic heterocycles. The molecule has 5 heteroatoms. The largest absolute Gasteiger partial charge is 0.330 e. The van der Waals surface area contributed by atoms with Gasteiger partial charge in [-0.25, -0.2) is 4.98 Å². The second-order valence-electron chi connectivity index (χ2n) is 4.69. The average Bonchev–Trinajstić information content (AvgIpc) is 2.87. The van der Waals surface area contributed by atoms with Gasteiger partial charge in [0, 0.05) is 6.42 Å². The Bertz CT molecular complexity index is 524. The zero-order chi connectivity index (χ0) is 13.7. The summed E-state index contributed by atoms with van der Waals surface area (Å²) in [7, 11) is 0. The minimum atomic E-state index is -0.0355. The third kappa shape index (κ3) is 3.83. The molecular formula is C14H20N4S. The third-order valence-corrected chi connectivity index (χ3v) is 4.01. The molecule has 0 fully saturated rings. The number of aryl methyl sites for hydroxylation is 1. The Morgan fingerprint density at radius 1 is 1.32 bits per heavy atom. The predicted octanol–water partition coefficient (Wildman–Crippen LogP) is 2.18. The average molecular weight is 276 g/mol. The molecule has 0 saturated carbocycles. The van der Waals surface area contributed by atoms with Crippen LogP contribution in [0.4, 0.5) is 0 Å². The summed E-state index contributed by atoms with van der Waals surface area (Å²) in [6.07, 6.45) is 2.57. The summed E-state index contributed by atoms with van der Waals surface area (Å²) in [5, 5.41) is 0.914. The maximum absolute atomic E-state index is 6.07. The summed E-state index contributed by atoms with van der Waals surface area (Å²) in [4.78, 5) is 4.54. The van der Waals surface area contributed by atoms with E-state index in [4.69, 9.17) is 11.5 Å². The molecule has 4 N–H and O–H groups in total. The van der Waals surface area contributed by atoms with Crippen molar-refractivity contribution in [3.8, 4) is 0 Å². The van der Waals surface area contributed by atoms with Crippen LogP contribution in [-0.4, -0.2) is 15.9 Å². The molecule has 0 radical (unpaired) electrons. The van der Waals surface area contributed by atoms with Crippen molar-refractivity contribution in [3.05, 3.63) is 46.2 Å². The standard InChI is InChI=1S/C14H20N4S/c1-10-5-2-3-6-11(10)9-13-17-14(19-18-13)12(16)7-4-8-15/h2-3,5-6,12H,4,7-9,15-16H2,1H3. The van der Waals surface area contributed by atoms with E-state index in [1.807, 2.05) is 12.1 Å². The SMILES string of the molecule is Cc1ccccc1Cc1nsc(C(N)CCCN)n1. The minimum Gasteiger partial charge on any atom is -0.330 e. The molecular weight excluding hydrogens is 256 g/mol. The molecule has 102 valence electrons. The van der Waals surface area contributed by atoms with E-state index in [9.17, 15) is 0 Å². The van der Waals surface area contributed by atoms with Crippen molar-refractivity contribution in [1.82, 2.24) is 9.36 Å². The van der Waals surface area contributed by atoms with E-state index in [2.05, 4.69) is 28.4 Å². The monoisotopic (exact) mass is 276 g/mol. The summed E-state index contributed by atoms with van der Waals surface area (Å²) in [5.41, 5.74) is 14.1. The molecule has 19 heavy (non-hydrogen) atoms. The molecule has 1 unspecified atom stereocenters. The van der Waals surface area contributed by atoms with Gasteiger partial charge in [-0.2, -0.15) is 4.37 Å². The Morgan fingerprint density at radius 2 is 2.11 bits per heavy atom. The zero-order valence-corrected chi connectivity index (χ0v) is 12.0. The van der Waals surface area contributed by atoms with Crippen molar-refractivity contribution in [3.63, 3.8) is 0 Å². The first-order chi connectivity index (χ1) is 9.20. The number of benzene rings is 1. The van der Waals surface area contributed by atoms with Gasteiger partial charge in [-0.3, -0.25) is 0 Å². The predicted molar refractivity (Wildman–Crippen MR) is 79.1 cm³/mol. The van der Waals surface area contributed by atoms with Gasteiger partial charge in [-0.1, -0.05) is 24.3 Å². The van der Waals surface area contributed by atoms with Crippen molar-refractivity contribution >= 4 is 11.5 Å². The lowest BCUT2D eigenvalue weighted by Gasteiger charge is -2.05. The Hall–Kier alpha value is -1.30. The molecule has 1 aromatic heterocycles. The van der Waals surface area contributed by atoms with Crippen LogP contribution >= 0.6 is 11.5 Å². The van der Waals surface area contributed by atoms with Gasteiger partial charge in [0.25, 0.3) is 0 Å². The van der Waals surface area contributed by atoms with Gasteiger partial charge in [0.2, 0.25) is 0 Å². The number of hydrogen-bond acceptors (Lipinski definition) is 5. The van der Waals surface area contributed by atoms with Crippen LogP contribution in [0.15, 0.2) is 24.3 Å².